The predicted molar refractivity (Wildman–Crippen MR) is 84.9 cm³/mol. The number of amides is 1. The molecule has 0 atom stereocenters. The fourth-order valence-electron chi connectivity index (χ4n) is 2.58. The molecule has 1 heterocycles. The molecule has 4 heteroatoms. The Balaban J connectivity index is 2.32. The maximum absolute atomic E-state index is 11.9. The summed E-state index contributed by atoms with van der Waals surface area (Å²) in [5, 5.41) is 0. The lowest BCUT2D eigenvalue weighted by Crippen LogP contribution is -2.26. The summed E-state index contributed by atoms with van der Waals surface area (Å²) in [6.07, 6.45) is 4.16. The van der Waals surface area contributed by atoms with Gasteiger partial charge in [-0.15, -0.1) is 0 Å². The van der Waals surface area contributed by atoms with E-state index in [-0.39, 0.29) is 6.03 Å². The van der Waals surface area contributed by atoms with E-state index in [0.29, 0.717) is 0 Å². The van der Waals surface area contributed by atoms with Gasteiger partial charge in [0.05, 0.1) is 5.69 Å². The number of aromatic nitrogens is 2. The highest BCUT2D eigenvalue weighted by Crippen LogP contribution is 2.23. The van der Waals surface area contributed by atoms with Crippen molar-refractivity contribution in [3.05, 3.63) is 52.1 Å². The zero-order chi connectivity index (χ0) is 15.7. The Hall–Kier alpha value is -2.10. The average molecular weight is 285 g/mol. The van der Waals surface area contributed by atoms with E-state index in [1.807, 2.05) is 6.20 Å². The number of nitrogens with zero attached hydrogens (tertiary/aromatic N) is 3. The molecule has 1 aromatic heterocycles. The monoisotopic (exact) mass is 285 g/mol. The Kier molecular flexibility index (Phi) is 4.16. The number of rotatable bonds is 2. The van der Waals surface area contributed by atoms with Gasteiger partial charge in [0, 0.05) is 26.7 Å². The maximum Gasteiger partial charge on any atom is 0.328 e. The van der Waals surface area contributed by atoms with Crippen LogP contribution in [0.2, 0.25) is 0 Å². The Morgan fingerprint density at radius 2 is 1.81 bits per heavy atom. The summed E-state index contributed by atoms with van der Waals surface area (Å²) in [7, 11) is 3.47. The van der Waals surface area contributed by atoms with Crippen molar-refractivity contribution in [2.24, 2.45) is 0 Å². The number of benzene rings is 1. The van der Waals surface area contributed by atoms with E-state index in [1.54, 1.807) is 20.4 Å². The lowest BCUT2D eigenvalue weighted by Gasteiger charge is -2.14. The number of imidazole rings is 1. The molecule has 0 fully saturated rings. The SMILES string of the molecule is Cc1cc(C)c(Cc2cn(C(=O)N(C)C)cn2)c(C)c1C. The molecule has 0 aliphatic rings. The molecule has 0 unspecified atom stereocenters. The molecule has 112 valence electrons. The van der Waals surface area contributed by atoms with Crippen LogP contribution in [0.5, 0.6) is 0 Å². The first-order valence-electron chi connectivity index (χ1n) is 7.12. The summed E-state index contributed by atoms with van der Waals surface area (Å²) in [6, 6.07) is 2.14. The van der Waals surface area contributed by atoms with Crippen LogP contribution in [-0.4, -0.2) is 34.6 Å². The summed E-state index contributed by atoms with van der Waals surface area (Å²) in [6.45, 7) is 8.59. The lowest BCUT2D eigenvalue weighted by atomic mass is 9.92. The molecule has 0 N–H and O–H groups in total. The van der Waals surface area contributed by atoms with Crippen molar-refractivity contribution < 1.29 is 4.79 Å². The molecule has 1 aromatic carbocycles. The van der Waals surface area contributed by atoms with E-state index in [9.17, 15) is 4.79 Å². The third-order valence-electron chi connectivity index (χ3n) is 4.11. The molecule has 0 aliphatic carbocycles. The molecule has 0 spiro atoms. The van der Waals surface area contributed by atoms with Crippen molar-refractivity contribution in [1.29, 1.82) is 0 Å². The fraction of sp³-hybridized carbons (Fsp3) is 0.412. The van der Waals surface area contributed by atoms with Crippen molar-refractivity contribution in [2.45, 2.75) is 34.1 Å². The van der Waals surface area contributed by atoms with E-state index in [2.05, 4.69) is 38.7 Å². The molecule has 2 rings (SSSR count). The smallest absolute Gasteiger partial charge is 0.328 e. The second-order valence-corrected chi connectivity index (χ2v) is 5.86. The zero-order valence-electron chi connectivity index (χ0n) is 13.7. The van der Waals surface area contributed by atoms with E-state index >= 15 is 0 Å². The number of hydrogen-bond acceptors (Lipinski definition) is 2. The minimum absolute atomic E-state index is 0.0812. The van der Waals surface area contributed by atoms with Gasteiger partial charge in [0.15, 0.2) is 0 Å². The van der Waals surface area contributed by atoms with Crippen molar-refractivity contribution in [2.75, 3.05) is 14.1 Å². The summed E-state index contributed by atoms with van der Waals surface area (Å²) >= 11 is 0. The number of aryl methyl sites for hydroxylation is 2. The molecule has 0 saturated carbocycles. The number of carbonyl (C=O) groups excluding carboxylic acids is 1. The fourth-order valence-corrected chi connectivity index (χ4v) is 2.58. The van der Waals surface area contributed by atoms with Crippen LogP contribution in [0.4, 0.5) is 4.79 Å². The van der Waals surface area contributed by atoms with Crippen LogP contribution in [-0.2, 0) is 6.42 Å². The van der Waals surface area contributed by atoms with Gasteiger partial charge >= 0.3 is 6.03 Å². The highest BCUT2D eigenvalue weighted by atomic mass is 16.2. The van der Waals surface area contributed by atoms with E-state index in [0.717, 1.165) is 12.1 Å². The Bertz CT molecular complexity index is 684. The summed E-state index contributed by atoms with van der Waals surface area (Å²) in [5.74, 6) is 0. The van der Waals surface area contributed by atoms with Crippen LogP contribution in [0.15, 0.2) is 18.6 Å². The first-order valence-corrected chi connectivity index (χ1v) is 7.12. The summed E-state index contributed by atoms with van der Waals surface area (Å²) in [5.41, 5.74) is 7.48. The van der Waals surface area contributed by atoms with Crippen LogP contribution < -0.4 is 0 Å². The van der Waals surface area contributed by atoms with E-state index in [1.165, 1.54) is 37.3 Å². The standard InChI is InChI=1S/C17H23N3O/c1-11-7-12(2)16(14(4)13(11)3)8-15-9-20(10-18-15)17(21)19(5)6/h7,9-10H,8H2,1-6H3. The van der Waals surface area contributed by atoms with Crippen molar-refractivity contribution in [3.8, 4) is 0 Å². The minimum Gasteiger partial charge on any atom is -0.330 e. The third-order valence-corrected chi connectivity index (χ3v) is 4.11. The molecule has 0 aliphatic heterocycles. The number of carbonyl (C=O) groups is 1. The summed E-state index contributed by atoms with van der Waals surface area (Å²) in [4.78, 5) is 17.8. The van der Waals surface area contributed by atoms with Gasteiger partial charge in [0.25, 0.3) is 0 Å². The minimum atomic E-state index is -0.0812. The van der Waals surface area contributed by atoms with Crippen LogP contribution in [0.3, 0.4) is 0 Å². The normalized spacial score (nSPS) is 10.8. The molecule has 1 amide bonds. The Morgan fingerprint density at radius 1 is 1.14 bits per heavy atom. The lowest BCUT2D eigenvalue weighted by molar-refractivity contribution is 0.219. The van der Waals surface area contributed by atoms with Gasteiger partial charge in [0.2, 0.25) is 0 Å². The first kappa shape index (κ1) is 15.3. The molecular weight excluding hydrogens is 262 g/mol. The van der Waals surface area contributed by atoms with Gasteiger partial charge in [-0.05, 0) is 55.5 Å². The molecule has 0 bridgehead atoms. The second kappa shape index (κ2) is 5.72. The van der Waals surface area contributed by atoms with Gasteiger partial charge < -0.3 is 4.90 Å². The van der Waals surface area contributed by atoms with Crippen LogP contribution in [0.1, 0.15) is 33.5 Å². The summed E-state index contributed by atoms with van der Waals surface area (Å²) < 4.78 is 1.53. The largest absolute Gasteiger partial charge is 0.330 e. The van der Waals surface area contributed by atoms with Gasteiger partial charge in [-0.1, -0.05) is 6.07 Å². The maximum atomic E-state index is 11.9. The van der Waals surface area contributed by atoms with Gasteiger partial charge in [0.1, 0.15) is 6.33 Å². The molecule has 4 nitrogen and oxygen atoms in total. The highest BCUT2D eigenvalue weighted by Gasteiger charge is 2.12. The van der Waals surface area contributed by atoms with Crippen molar-refractivity contribution >= 4 is 6.03 Å². The number of hydrogen-bond donors (Lipinski definition) is 0. The predicted octanol–water partition coefficient (Wildman–Crippen LogP) is 3.24. The molecule has 2 aromatic rings. The van der Waals surface area contributed by atoms with Crippen LogP contribution >= 0.6 is 0 Å². The molecular formula is C17H23N3O. The average Bonchev–Trinajstić information content (AvgIpc) is 2.88. The quantitative estimate of drug-likeness (QED) is 0.849. The zero-order valence-corrected chi connectivity index (χ0v) is 13.7. The van der Waals surface area contributed by atoms with Crippen molar-refractivity contribution in [1.82, 2.24) is 14.5 Å². The van der Waals surface area contributed by atoms with E-state index in [4.69, 9.17) is 0 Å². The molecule has 21 heavy (non-hydrogen) atoms. The van der Waals surface area contributed by atoms with E-state index < -0.39 is 0 Å². The molecule has 0 saturated heterocycles. The Labute approximate surface area is 126 Å². The van der Waals surface area contributed by atoms with Gasteiger partial charge in [-0.3, -0.25) is 4.57 Å². The van der Waals surface area contributed by atoms with Crippen LogP contribution in [0.25, 0.3) is 0 Å². The van der Waals surface area contributed by atoms with Gasteiger partial charge in [-0.2, -0.15) is 0 Å². The second-order valence-electron chi connectivity index (χ2n) is 5.86. The van der Waals surface area contributed by atoms with Crippen LogP contribution in [0, 0.1) is 27.7 Å². The topological polar surface area (TPSA) is 38.1 Å². The van der Waals surface area contributed by atoms with Crippen molar-refractivity contribution in [3.63, 3.8) is 0 Å². The first-order chi connectivity index (χ1) is 9.81. The van der Waals surface area contributed by atoms with Gasteiger partial charge in [-0.25, -0.2) is 9.78 Å². The third kappa shape index (κ3) is 2.99. The Morgan fingerprint density at radius 3 is 2.43 bits per heavy atom. The molecule has 0 radical (unpaired) electrons. The highest BCUT2D eigenvalue weighted by molar-refractivity contribution is 5.76.